The molecular formula is C10H20NNaO4. The molecule has 0 heterocycles. The van der Waals surface area contributed by atoms with E-state index in [-0.39, 0.29) is 12.8 Å². The third-order valence-corrected chi connectivity index (χ3v) is 2.65. The van der Waals surface area contributed by atoms with E-state index >= 15 is 0 Å². The molecule has 1 atom stereocenters. The summed E-state index contributed by atoms with van der Waals surface area (Å²) in [5.74, 6) is -2.20. The summed E-state index contributed by atoms with van der Waals surface area (Å²) >= 11 is 1.40. The number of unbranched alkanes of at least 4 members (excludes halogenated alkanes) is 2. The van der Waals surface area contributed by atoms with Crippen LogP contribution in [-0.4, -0.2) is 56.1 Å². The molecule has 0 unspecified atom stereocenters. The molecular weight excluding hydrogens is 221 g/mol. The zero-order chi connectivity index (χ0) is 13.0. The first-order valence-corrected chi connectivity index (χ1v) is 7.07. The molecule has 0 aliphatic heterocycles. The van der Waals surface area contributed by atoms with Crippen LogP contribution in [0.2, 0.25) is 3.67 Å². The van der Waals surface area contributed by atoms with E-state index in [0.717, 1.165) is 0 Å². The molecule has 0 aromatic heterocycles. The number of carboxylic acid groups (broad SMARTS) is 2. The zero-order valence-corrected chi connectivity index (χ0v) is 12.1. The molecule has 6 heteroatoms. The average molecular weight is 241 g/mol. The van der Waals surface area contributed by atoms with Crippen LogP contribution in [0, 0.1) is 0 Å². The van der Waals surface area contributed by atoms with Crippen molar-refractivity contribution in [2.45, 2.75) is 48.7 Å². The van der Waals surface area contributed by atoms with E-state index in [1.54, 1.807) is 0 Å². The van der Waals surface area contributed by atoms with E-state index < -0.39 is 18.0 Å². The van der Waals surface area contributed by atoms with Crippen LogP contribution in [0.15, 0.2) is 0 Å². The summed E-state index contributed by atoms with van der Waals surface area (Å²) in [6.07, 6.45) is 4.08. The van der Waals surface area contributed by atoms with Crippen LogP contribution >= 0.6 is 0 Å². The van der Waals surface area contributed by atoms with Gasteiger partial charge in [0.1, 0.15) is 6.04 Å². The van der Waals surface area contributed by atoms with Crippen LogP contribution in [0.3, 0.4) is 0 Å². The van der Waals surface area contributed by atoms with Crippen molar-refractivity contribution in [2.75, 3.05) is 0 Å². The first-order valence-electron chi connectivity index (χ1n) is 5.65. The van der Waals surface area contributed by atoms with Crippen molar-refractivity contribution in [3.05, 3.63) is 0 Å². The summed E-state index contributed by atoms with van der Waals surface area (Å²) in [4.78, 5) is 19.9. The van der Waals surface area contributed by atoms with Crippen LogP contribution < -0.4 is 5.73 Å². The van der Waals surface area contributed by atoms with Crippen molar-refractivity contribution < 1.29 is 19.8 Å². The fraction of sp³-hybridized carbons (Fsp3) is 0.800. The van der Waals surface area contributed by atoms with Crippen molar-refractivity contribution in [2.24, 2.45) is 5.73 Å². The SMILES string of the molecule is CCCC[CH2][Na].N[C@@H](CCC(=O)O)C(=O)O. The van der Waals surface area contributed by atoms with Crippen LogP contribution in [-0.2, 0) is 9.59 Å². The van der Waals surface area contributed by atoms with Gasteiger partial charge in [-0.25, -0.2) is 0 Å². The van der Waals surface area contributed by atoms with Crippen molar-refractivity contribution >= 4 is 39.9 Å². The van der Waals surface area contributed by atoms with Gasteiger partial charge in [0.05, 0.1) is 0 Å². The Bertz CT molecular complexity index is 195. The summed E-state index contributed by atoms with van der Waals surface area (Å²) in [6, 6.07) is -1.06. The van der Waals surface area contributed by atoms with Gasteiger partial charge in [-0.15, -0.1) is 0 Å². The number of hydrogen-bond acceptors (Lipinski definition) is 3. The Morgan fingerprint density at radius 2 is 1.88 bits per heavy atom. The minimum Gasteiger partial charge on any atom is -0.481 e. The summed E-state index contributed by atoms with van der Waals surface area (Å²) in [5.41, 5.74) is 5.00. The van der Waals surface area contributed by atoms with Gasteiger partial charge in [0.15, 0.2) is 0 Å². The Labute approximate surface area is 114 Å². The quantitative estimate of drug-likeness (QED) is 0.456. The summed E-state index contributed by atoms with van der Waals surface area (Å²) < 4.78 is 1.49. The second kappa shape index (κ2) is 13.0. The van der Waals surface area contributed by atoms with E-state index in [4.69, 9.17) is 15.9 Å². The Hall–Kier alpha value is -0.100. The molecule has 0 aromatic rings. The van der Waals surface area contributed by atoms with Crippen molar-refractivity contribution in [1.29, 1.82) is 0 Å². The Balaban J connectivity index is 0. The van der Waals surface area contributed by atoms with Crippen LogP contribution in [0.5, 0.6) is 0 Å². The molecule has 0 aliphatic rings. The van der Waals surface area contributed by atoms with Crippen molar-refractivity contribution in [3.63, 3.8) is 0 Å². The smallest absolute Gasteiger partial charge is 0.320 e. The molecule has 0 rings (SSSR count). The topological polar surface area (TPSA) is 101 Å². The minimum atomic E-state index is -1.17. The molecule has 0 fully saturated rings. The number of rotatable bonds is 7. The standard InChI is InChI=1S/C5H9NO4.C5H11.Na/c6-3(5(9)10)1-2-4(7)8;1-3-5-4-2;/h3H,1-2,6H2,(H,7,8)(H,9,10);1,3-5H2,2H3;/t3-;;/m0../s1. The Kier molecular flexibility index (Phi) is 14.8. The van der Waals surface area contributed by atoms with Gasteiger partial charge in [0.25, 0.3) is 0 Å². The first kappa shape index (κ1) is 18.3. The molecule has 0 spiro atoms. The summed E-state index contributed by atoms with van der Waals surface area (Å²) in [5, 5.41) is 16.3. The third kappa shape index (κ3) is 16.3. The first-order chi connectivity index (χ1) is 7.45. The molecule has 0 amide bonds. The molecule has 0 bridgehead atoms. The molecule has 0 radical (unpaired) electrons. The number of hydrogen-bond donors (Lipinski definition) is 3. The van der Waals surface area contributed by atoms with Gasteiger partial charge in [0.2, 0.25) is 0 Å². The molecule has 0 saturated heterocycles. The van der Waals surface area contributed by atoms with Crippen LogP contribution in [0.1, 0.15) is 39.0 Å². The van der Waals surface area contributed by atoms with E-state index in [1.165, 1.54) is 50.9 Å². The number of carbonyl (C=O) groups is 2. The predicted octanol–water partition coefficient (Wildman–Crippen LogP) is 1.03. The van der Waals surface area contributed by atoms with Gasteiger partial charge in [-0.05, 0) is 6.42 Å². The van der Waals surface area contributed by atoms with E-state index in [1.807, 2.05) is 0 Å². The average Bonchev–Trinajstić information content (AvgIpc) is 2.23. The largest absolute Gasteiger partial charge is 0.481 e. The maximum Gasteiger partial charge on any atom is 0.320 e. The second-order valence-corrected chi connectivity index (χ2v) is 4.58. The molecule has 90 valence electrons. The Morgan fingerprint density at radius 1 is 1.31 bits per heavy atom. The van der Waals surface area contributed by atoms with Crippen LogP contribution in [0.4, 0.5) is 0 Å². The normalized spacial score (nSPS) is 11.2. The maximum atomic E-state index is 9.99. The molecule has 16 heavy (non-hydrogen) atoms. The fourth-order valence-corrected chi connectivity index (χ4v) is 1.40. The molecule has 0 aliphatic carbocycles. The number of nitrogens with two attached hydrogens (primary N) is 1. The molecule has 0 saturated carbocycles. The Morgan fingerprint density at radius 3 is 2.12 bits per heavy atom. The van der Waals surface area contributed by atoms with Gasteiger partial charge in [-0.1, -0.05) is 0 Å². The van der Waals surface area contributed by atoms with Gasteiger partial charge >= 0.3 is 69.7 Å². The molecule has 5 nitrogen and oxygen atoms in total. The van der Waals surface area contributed by atoms with E-state index in [9.17, 15) is 9.59 Å². The van der Waals surface area contributed by atoms with Crippen LogP contribution in [0.25, 0.3) is 0 Å². The van der Waals surface area contributed by atoms with Crippen molar-refractivity contribution in [3.8, 4) is 0 Å². The fourth-order valence-electron chi connectivity index (χ4n) is 0.902. The molecule has 0 aromatic carbocycles. The monoisotopic (exact) mass is 241 g/mol. The summed E-state index contributed by atoms with van der Waals surface area (Å²) in [7, 11) is 0. The van der Waals surface area contributed by atoms with E-state index in [0.29, 0.717) is 0 Å². The van der Waals surface area contributed by atoms with Gasteiger partial charge in [-0.3, -0.25) is 9.59 Å². The summed E-state index contributed by atoms with van der Waals surface area (Å²) in [6.45, 7) is 2.25. The second-order valence-electron chi connectivity index (χ2n) is 3.58. The minimum absolute atomic E-state index is 0.0231. The van der Waals surface area contributed by atoms with Gasteiger partial charge in [0, 0.05) is 6.42 Å². The predicted molar refractivity (Wildman–Crippen MR) is 62.6 cm³/mol. The number of aliphatic carboxylic acids is 2. The molecule has 4 N–H and O–H groups in total. The maximum absolute atomic E-state index is 9.99. The van der Waals surface area contributed by atoms with Crippen molar-refractivity contribution in [1.82, 2.24) is 0 Å². The van der Waals surface area contributed by atoms with Gasteiger partial charge < -0.3 is 15.9 Å². The van der Waals surface area contributed by atoms with E-state index in [2.05, 4.69) is 6.92 Å². The third-order valence-electron chi connectivity index (χ3n) is 1.94. The number of carboxylic acids is 2. The zero-order valence-electron chi connectivity index (χ0n) is 10.1. The van der Waals surface area contributed by atoms with Gasteiger partial charge in [-0.2, -0.15) is 0 Å².